The van der Waals surface area contributed by atoms with Gasteiger partial charge in [-0.3, -0.25) is 0 Å². The first-order valence-corrected chi connectivity index (χ1v) is 8.15. The van der Waals surface area contributed by atoms with E-state index < -0.39 is 0 Å². The Labute approximate surface area is 121 Å². The van der Waals surface area contributed by atoms with Crippen molar-refractivity contribution in [3.63, 3.8) is 0 Å². The van der Waals surface area contributed by atoms with Crippen LogP contribution in [0.25, 0.3) is 0 Å². The lowest BCUT2D eigenvalue weighted by Gasteiger charge is -2.21. The Morgan fingerprint density at radius 3 is 2.26 bits per heavy atom. The number of hydrogen-bond donors (Lipinski definition) is 0. The van der Waals surface area contributed by atoms with Crippen LogP contribution >= 0.6 is 0 Å². The highest BCUT2D eigenvalue weighted by atomic mass is 14.2. The highest BCUT2D eigenvalue weighted by molar-refractivity contribution is 4.86. The summed E-state index contributed by atoms with van der Waals surface area (Å²) in [5.41, 5.74) is 0. The molecule has 0 saturated carbocycles. The van der Waals surface area contributed by atoms with Crippen molar-refractivity contribution in [2.45, 2.75) is 71.6 Å². The minimum Gasteiger partial charge on any atom is -0.103 e. The number of hydrogen-bond acceptors (Lipinski definition) is 0. The van der Waals surface area contributed by atoms with Gasteiger partial charge in [0.15, 0.2) is 0 Å². The maximum absolute atomic E-state index is 3.91. The molecule has 0 aliphatic heterocycles. The topological polar surface area (TPSA) is 0 Å². The molecule has 0 spiro atoms. The monoisotopic (exact) mass is 262 g/mol. The van der Waals surface area contributed by atoms with Gasteiger partial charge in [-0.05, 0) is 50.4 Å². The van der Waals surface area contributed by atoms with E-state index in [4.69, 9.17) is 0 Å². The summed E-state index contributed by atoms with van der Waals surface area (Å²) in [6, 6.07) is 0. The van der Waals surface area contributed by atoms with Gasteiger partial charge in [-0.15, -0.1) is 13.2 Å². The third-order valence-corrected chi connectivity index (χ3v) is 3.89. The molecule has 0 aromatic rings. The molecule has 2 unspecified atom stereocenters. The Hall–Kier alpha value is -0.780. The van der Waals surface area contributed by atoms with Gasteiger partial charge in [-0.2, -0.15) is 0 Å². The van der Waals surface area contributed by atoms with Crippen molar-refractivity contribution in [3.05, 3.63) is 37.5 Å². The van der Waals surface area contributed by atoms with Gasteiger partial charge in [0.1, 0.15) is 0 Å². The maximum Gasteiger partial charge on any atom is -0.0319 e. The molecule has 0 saturated heterocycles. The number of allylic oxidation sites excluding steroid dienone is 4. The van der Waals surface area contributed by atoms with Crippen LogP contribution in [0.2, 0.25) is 0 Å². The Bertz CT molecular complexity index is 236. The number of unbranched alkanes of at least 4 members (excludes halogenated alkanes) is 2. The smallest absolute Gasteiger partial charge is 0.0319 e. The van der Waals surface area contributed by atoms with Crippen LogP contribution in [0.3, 0.4) is 0 Å². The molecule has 2 atom stereocenters. The molecule has 0 aliphatic carbocycles. The second-order valence-electron chi connectivity index (χ2n) is 5.59. The average Bonchev–Trinajstić information content (AvgIpc) is 2.42. The highest BCUT2D eigenvalue weighted by Crippen LogP contribution is 2.26. The van der Waals surface area contributed by atoms with Crippen LogP contribution < -0.4 is 0 Å². The van der Waals surface area contributed by atoms with Crippen molar-refractivity contribution in [2.75, 3.05) is 0 Å². The van der Waals surface area contributed by atoms with Crippen molar-refractivity contribution >= 4 is 0 Å². The van der Waals surface area contributed by atoms with E-state index in [0.29, 0.717) is 0 Å². The fraction of sp³-hybridized carbons (Fsp3) is 0.684. The molecule has 0 amide bonds. The summed E-state index contributed by atoms with van der Waals surface area (Å²) < 4.78 is 0. The first-order valence-electron chi connectivity index (χ1n) is 8.15. The number of rotatable bonds is 13. The first kappa shape index (κ1) is 18.2. The molecule has 0 bridgehead atoms. The second kappa shape index (κ2) is 13.6. The lowest BCUT2D eigenvalue weighted by atomic mass is 9.85. The van der Waals surface area contributed by atoms with Crippen LogP contribution in [-0.2, 0) is 0 Å². The standard InChI is InChI=1S/C19H34/c1-5-9-11-13-15-18(8-4)17-19(14-7-3)16-12-10-6-2/h5,7,10,12,18-19H,1,3,6,8-9,11,13-17H2,2,4H3. The summed E-state index contributed by atoms with van der Waals surface area (Å²) >= 11 is 0. The largest absolute Gasteiger partial charge is 0.103 e. The highest BCUT2D eigenvalue weighted by Gasteiger charge is 2.13. The molecule has 0 radical (unpaired) electrons. The second-order valence-corrected chi connectivity index (χ2v) is 5.59. The minimum absolute atomic E-state index is 0.796. The van der Waals surface area contributed by atoms with E-state index in [-0.39, 0.29) is 0 Å². The zero-order valence-corrected chi connectivity index (χ0v) is 13.2. The normalized spacial score (nSPS) is 14.4. The Kier molecular flexibility index (Phi) is 13.1. The zero-order valence-electron chi connectivity index (χ0n) is 13.2. The van der Waals surface area contributed by atoms with Gasteiger partial charge in [0.05, 0.1) is 0 Å². The van der Waals surface area contributed by atoms with E-state index in [9.17, 15) is 0 Å². The molecule has 110 valence electrons. The van der Waals surface area contributed by atoms with Gasteiger partial charge in [-0.25, -0.2) is 0 Å². The molecule has 0 N–H and O–H groups in total. The molecule has 0 heteroatoms. The van der Waals surface area contributed by atoms with Gasteiger partial charge in [0.25, 0.3) is 0 Å². The quantitative estimate of drug-likeness (QED) is 0.256. The van der Waals surface area contributed by atoms with Crippen molar-refractivity contribution < 1.29 is 0 Å². The minimum atomic E-state index is 0.796. The van der Waals surface area contributed by atoms with E-state index >= 15 is 0 Å². The fourth-order valence-electron chi connectivity index (χ4n) is 2.66. The summed E-state index contributed by atoms with van der Waals surface area (Å²) in [5.74, 6) is 1.69. The lowest BCUT2D eigenvalue weighted by molar-refractivity contribution is 0.338. The van der Waals surface area contributed by atoms with Crippen LogP contribution in [-0.4, -0.2) is 0 Å². The van der Waals surface area contributed by atoms with Crippen molar-refractivity contribution in [1.82, 2.24) is 0 Å². The van der Waals surface area contributed by atoms with Crippen LogP contribution in [0.15, 0.2) is 37.5 Å². The molecule has 0 aromatic carbocycles. The summed E-state index contributed by atoms with van der Waals surface area (Å²) in [5, 5.41) is 0. The Morgan fingerprint density at radius 2 is 1.68 bits per heavy atom. The fourth-order valence-corrected chi connectivity index (χ4v) is 2.66. The molecular weight excluding hydrogens is 228 g/mol. The predicted molar refractivity (Wildman–Crippen MR) is 89.4 cm³/mol. The zero-order chi connectivity index (χ0) is 14.3. The van der Waals surface area contributed by atoms with E-state index in [1.54, 1.807) is 0 Å². The van der Waals surface area contributed by atoms with Crippen LogP contribution in [0.5, 0.6) is 0 Å². The van der Waals surface area contributed by atoms with Crippen LogP contribution in [0.4, 0.5) is 0 Å². The average molecular weight is 262 g/mol. The van der Waals surface area contributed by atoms with Crippen LogP contribution in [0, 0.1) is 11.8 Å². The molecule has 0 aliphatic rings. The van der Waals surface area contributed by atoms with E-state index in [0.717, 1.165) is 24.7 Å². The van der Waals surface area contributed by atoms with E-state index in [2.05, 4.69) is 45.2 Å². The molecule has 0 rings (SSSR count). The summed E-state index contributed by atoms with van der Waals surface area (Å²) in [6.45, 7) is 12.2. The first-order chi connectivity index (χ1) is 9.28. The molecule has 0 aromatic heterocycles. The predicted octanol–water partition coefficient (Wildman–Crippen LogP) is 6.70. The van der Waals surface area contributed by atoms with Gasteiger partial charge in [-0.1, -0.05) is 57.4 Å². The summed E-state index contributed by atoms with van der Waals surface area (Å²) in [7, 11) is 0. The van der Waals surface area contributed by atoms with Gasteiger partial charge < -0.3 is 0 Å². The third-order valence-electron chi connectivity index (χ3n) is 3.89. The van der Waals surface area contributed by atoms with Crippen molar-refractivity contribution in [1.29, 1.82) is 0 Å². The summed E-state index contributed by atoms with van der Waals surface area (Å²) in [6.07, 6.45) is 20.2. The summed E-state index contributed by atoms with van der Waals surface area (Å²) in [4.78, 5) is 0. The Morgan fingerprint density at radius 1 is 0.895 bits per heavy atom. The van der Waals surface area contributed by atoms with Gasteiger partial charge in [0.2, 0.25) is 0 Å². The molecular formula is C19H34. The van der Waals surface area contributed by atoms with Gasteiger partial charge >= 0.3 is 0 Å². The van der Waals surface area contributed by atoms with E-state index in [1.807, 2.05) is 6.08 Å². The third kappa shape index (κ3) is 10.8. The molecule has 19 heavy (non-hydrogen) atoms. The van der Waals surface area contributed by atoms with Crippen molar-refractivity contribution in [2.24, 2.45) is 11.8 Å². The maximum atomic E-state index is 3.91. The van der Waals surface area contributed by atoms with Gasteiger partial charge in [0, 0.05) is 0 Å². The van der Waals surface area contributed by atoms with Crippen LogP contribution in [0.1, 0.15) is 71.6 Å². The molecule has 0 heterocycles. The van der Waals surface area contributed by atoms with E-state index in [1.165, 1.54) is 44.9 Å². The van der Waals surface area contributed by atoms with Crippen molar-refractivity contribution in [3.8, 4) is 0 Å². The molecule has 0 nitrogen and oxygen atoms in total. The SMILES string of the molecule is C=CCCCCC(CC)CC(CC=C)CC=CCC. The Balaban J connectivity index is 4.06. The lowest BCUT2D eigenvalue weighted by Crippen LogP contribution is -2.08. The molecule has 0 fully saturated rings.